The van der Waals surface area contributed by atoms with Crippen molar-refractivity contribution >= 4 is 17.7 Å². The smallest absolute Gasteiger partial charge is 0.232 e. The molecule has 3 rings (SSSR count). The lowest BCUT2D eigenvalue weighted by molar-refractivity contribution is -0.129. The first-order valence-electron chi connectivity index (χ1n) is 7.71. The first-order valence-corrected chi connectivity index (χ1v) is 8.86. The maximum absolute atomic E-state index is 12.4. The summed E-state index contributed by atoms with van der Waals surface area (Å²) in [5.41, 5.74) is 3.99. The van der Waals surface area contributed by atoms with E-state index in [0.717, 1.165) is 18.6 Å². The van der Waals surface area contributed by atoms with Gasteiger partial charge in [-0.15, -0.1) is 11.8 Å². The Bertz CT molecular complexity index is 641. The zero-order chi connectivity index (χ0) is 15.4. The van der Waals surface area contributed by atoms with Crippen LogP contribution in [0.25, 0.3) is 0 Å². The Morgan fingerprint density at radius 2 is 1.86 bits per heavy atom. The number of hydrogen-bond donors (Lipinski definition) is 0. The van der Waals surface area contributed by atoms with Crippen LogP contribution in [0, 0.1) is 0 Å². The number of fused-ring (bicyclic) bond motifs is 1. The fourth-order valence-corrected chi connectivity index (χ4v) is 3.95. The molecular formula is C19H21NOS. The van der Waals surface area contributed by atoms with Gasteiger partial charge in [-0.1, -0.05) is 54.6 Å². The molecule has 2 aromatic carbocycles. The summed E-state index contributed by atoms with van der Waals surface area (Å²) >= 11 is 1.69. The van der Waals surface area contributed by atoms with Crippen molar-refractivity contribution < 1.29 is 4.79 Å². The van der Waals surface area contributed by atoms with Crippen LogP contribution >= 0.6 is 11.8 Å². The summed E-state index contributed by atoms with van der Waals surface area (Å²) in [5, 5.41) is 0. The molecule has 1 aliphatic rings. The maximum Gasteiger partial charge on any atom is 0.232 e. The fourth-order valence-electron chi connectivity index (χ4n) is 3.04. The van der Waals surface area contributed by atoms with Crippen LogP contribution in [0.2, 0.25) is 0 Å². The molecule has 3 heteroatoms. The molecule has 1 atom stereocenters. The van der Waals surface area contributed by atoms with Gasteiger partial charge in [0.25, 0.3) is 0 Å². The average Bonchev–Trinajstić information content (AvgIpc) is 2.99. The summed E-state index contributed by atoms with van der Waals surface area (Å²) in [6.45, 7) is 0. The molecule has 0 bridgehead atoms. The van der Waals surface area contributed by atoms with E-state index in [4.69, 9.17) is 0 Å². The van der Waals surface area contributed by atoms with Gasteiger partial charge in [-0.25, -0.2) is 0 Å². The van der Waals surface area contributed by atoms with Crippen molar-refractivity contribution in [3.05, 3.63) is 71.3 Å². The predicted octanol–water partition coefficient (Wildman–Crippen LogP) is 4.07. The maximum atomic E-state index is 12.4. The van der Waals surface area contributed by atoms with Crippen LogP contribution in [0.4, 0.5) is 0 Å². The van der Waals surface area contributed by atoms with Crippen molar-refractivity contribution in [2.45, 2.75) is 24.6 Å². The zero-order valence-corrected chi connectivity index (χ0v) is 13.7. The molecule has 2 aromatic rings. The van der Waals surface area contributed by atoms with E-state index in [-0.39, 0.29) is 11.9 Å². The average molecular weight is 311 g/mol. The largest absolute Gasteiger partial charge is 0.338 e. The molecule has 1 amide bonds. The van der Waals surface area contributed by atoms with E-state index in [1.807, 2.05) is 30.1 Å². The Kier molecular flexibility index (Phi) is 4.84. The summed E-state index contributed by atoms with van der Waals surface area (Å²) in [5.74, 6) is 1.66. The summed E-state index contributed by atoms with van der Waals surface area (Å²) < 4.78 is 0. The Balaban J connectivity index is 1.54. The molecule has 22 heavy (non-hydrogen) atoms. The van der Waals surface area contributed by atoms with Crippen LogP contribution in [-0.2, 0) is 17.0 Å². The van der Waals surface area contributed by atoms with Crippen molar-refractivity contribution in [2.24, 2.45) is 0 Å². The lowest BCUT2D eigenvalue weighted by Gasteiger charge is -2.25. The quantitative estimate of drug-likeness (QED) is 0.830. The molecule has 0 spiro atoms. The van der Waals surface area contributed by atoms with Crippen LogP contribution < -0.4 is 0 Å². The monoisotopic (exact) mass is 311 g/mol. The van der Waals surface area contributed by atoms with Gasteiger partial charge in [0.1, 0.15) is 0 Å². The molecule has 0 aliphatic heterocycles. The van der Waals surface area contributed by atoms with Crippen LogP contribution in [0.3, 0.4) is 0 Å². The second-order valence-electron chi connectivity index (χ2n) is 5.74. The number of carbonyl (C=O) groups is 1. The van der Waals surface area contributed by atoms with E-state index in [2.05, 4.69) is 36.4 Å². The first-order chi connectivity index (χ1) is 10.8. The Morgan fingerprint density at radius 1 is 1.14 bits per heavy atom. The van der Waals surface area contributed by atoms with Gasteiger partial charge in [0, 0.05) is 12.8 Å². The van der Waals surface area contributed by atoms with Crippen molar-refractivity contribution in [2.75, 3.05) is 12.8 Å². The van der Waals surface area contributed by atoms with Gasteiger partial charge in [0.05, 0.1) is 11.8 Å². The Labute approximate surface area is 136 Å². The molecule has 1 unspecified atom stereocenters. The highest BCUT2D eigenvalue weighted by atomic mass is 32.2. The highest BCUT2D eigenvalue weighted by Crippen LogP contribution is 2.35. The molecule has 2 nitrogen and oxygen atoms in total. The number of aryl methyl sites for hydroxylation is 1. The first kappa shape index (κ1) is 15.2. The normalized spacial score (nSPS) is 16.3. The minimum absolute atomic E-state index is 0.225. The third kappa shape index (κ3) is 3.36. The van der Waals surface area contributed by atoms with E-state index in [9.17, 15) is 4.79 Å². The molecule has 1 aliphatic carbocycles. The fraction of sp³-hybridized carbons (Fsp3) is 0.316. The molecule has 0 radical (unpaired) electrons. The van der Waals surface area contributed by atoms with Gasteiger partial charge in [0.2, 0.25) is 5.91 Å². The van der Waals surface area contributed by atoms with Gasteiger partial charge < -0.3 is 4.90 Å². The number of carbonyl (C=O) groups excluding carboxylic acids is 1. The van der Waals surface area contributed by atoms with Gasteiger partial charge >= 0.3 is 0 Å². The lowest BCUT2D eigenvalue weighted by atomic mass is 10.1. The summed E-state index contributed by atoms with van der Waals surface area (Å²) in [7, 11) is 1.94. The second-order valence-corrected chi connectivity index (χ2v) is 6.72. The van der Waals surface area contributed by atoms with E-state index in [0.29, 0.717) is 5.75 Å². The van der Waals surface area contributed by atoms with Crippen LogP contribution in [-0.4, -0.2) is 23.6 Å². The molecule has 0 fully saturated rings. The standard InChI is InChI=1S/C19H21NOS/c1-20(18-12-11-16-9-5-6-10-17(16)18)19(21)14-22-13-15-7-3-2-4-8-15/h2-10,18H,11-14H2,1H3. The number of nitrogens with zero attached hydrogens (tertiary/aromatic N) is 1. The third-order valence-electron chi connectivity index (χ3n) is 4.30. The molecular weight excluding hydrogens is 290 g/mol. The van der Waals surface area contributed by atoms with Crippen molar-refractivity contribution in [1.82, 2.24) is 4.90 Å². The molecule has 0 heterocycles. The Morgan fingerprint density at radius 3 is 2.68 bits per heavy atom. The number of thioether (sulfide) groups is 1. The van der Waals surface area contributed by atoms with Crippen LogP contribution in [0.1, 0.15) is 29.2 Å². The summed E-state index contributed by atoms with van der Waals surface area (Å²) in [4.78, 5) is 14.4. The molecule has 0 saturated carbocycles. The van der Waals surface area contributed by atoms with Gasteiger partial charge in [-0.05, 0) is 29.5 Å². The lowest BCUT2D eigenvalue weighted by Crippen LogP contribution is -2.31. The SMILES string of the molecule is CN(C(=O)CSCc1ccccc1)C1CCc2ccccc21. The van der Waals surface area contributed by atoms with Crippen molar-refractivity contribution in [1.29, 1.82) is 0 Å². The van der Waals surface area contributed by atoms with E-state index in [1.165, 1.54) is 16.7 Å². The van der Waals surface area contributed by atoms with Gasteiger partial charge in [0.15, 0.2) is 0 Å². The molecule has 0 saturated heterocycles. The molecule has 114 valence electrons. The zero-order valence-electron chi connectivity index (χ0n) is 12.9. The minimum atomic E-state index is 0.225. The summed E-state index contributed by atoms with van der Waals surface area (Å²) in [6, 6.07) is 19.1. The Hall–Kier alpha value is -1.74. The van der Waals surface area contributed by atoms with E-state index in [1.54, 1.807) is 11.8 Å². The van der Waals surface area contributed by atoms with E-state index >= 15 is 0 Å². The van der Waals surface area contributed by atoms with Crippen molar-refractivity contribution in [3.63, 3.8) is 0 Å². The molecule has 0 aromatic heterocycles. The number of benzene rings is 2. The highest BCUT2D eigenvalue weighted by Gasteiger charge is 2.27. The number of hydrogen-bond acceptors (Lipinski definition) is 2. The number of rotatable bonds is 5. The topological polar surface area (TPSA) is 20.3 Å². The van der Waals surface area contributed by atoms with Gasteiger partial charge in [-0.2, -0.15) is 0 Å². The predicted molar refractivity (Wildman–Crippen MR) is 92.9 cm³/mol. The third-order valence-corrected chi connectivity index (χ3v) is 5.29. The van der Waals surface area contributed by atoms with Crippen LogP contribution in [0.5, 0.6) is 0 Å². The highest BCUT2D eigenvalue weighted by molar-refractivity contribution is 7.99. The molecule has 0 N–H and O–H groups in total. The minimum Gasteiger partial charge on any atom is -0.338 e. The van der Waals surface area contributed by atoms with Crippen LogP contribution in [0.15, 0.2) is 54.6 Å². The van der Waals surface area contributed by atoms with Gasteiger partial charge in [-0.3, -0.25) is 4.79 Å². The van der Waals surface area contributed by atoms with Crippen molar-refractivity contribution in [3.8, 4) is 0 Å². The van der Waals surface area contributed by atoms with E-state index < -0.39 is 0 Å². The summed E-state index contributed by atoms with van der Waals surface area (Å²) in [6.07, 6.45) is 2.13. The second kappa shape index (κ2) is 7.01. The number of amides is 1.